The third-order valence-electron chi connectivity index (χ3n) is 31.9. The van der Waals surface area contributed by atoms with Crippen molar-refractivity contribution in [2.24, 2.45) is 97.1 Å². The van der Waals surface area contributed by atoms with Gasteiger partial charge in [0.25, 0.3) is 0 Å². The number of hydrogen-bond acceptors (Lipinski definition) is 6. The van der Waals surface area contributed by atoms with Gasteiger partial charge < -0.3 is 31.1 Å². The van der Waals surface area contributed by atoms with Crippen molar-refractivity contribution in [3.63, 3.8) is 0 Å². The fourth-order valence-electron chi connectivity index (χ4n) is 28.9. The van der Waals surface area contributed by atoms with Crippen LogP contribution in [0.25, 0.3) is 17.2 Å². The zero-order chi connectivity index (χ0) is 63.1. The number of dihydropyridines is 1. The van der Waals surface area contributed by atoms with E-state index in [1.54, 1.807) is 22.3 Å². The molecule has 4 spiro atoms. The highest BCUT2D eigenvalue weighted by Crippen LogP contribution is 2.88. The van der Waals surface area contributed by atoms with Gasteiger partial charge in [-0.25, -0.2) is 0 Å². The number of rotatable bonds is 2. The maximum atomic E-state index is 15.0. The van der Waals surface area contributed by atoms with Crippen LogP contribution in [0.2, 0.25) is 0 Å². The number of fused-ring (bicyclic) bond motifs is 8. The van der Waals surface area contributed by atoms with Crippen molar-refractivity contribution >= 4 is 23.2 Å². The summed E-state index contributed by atoms with van der Waals surface area (Å²) in [6.45, 7) is 4.15. The maximum absolute atomic E-state index is 15.0. The Bertz CT molecular complexity index is 4070. The minimum Gasteiger partial charge on any atom is -0.516 e. The lowest BCUT2D eigenvalue weighted by atomic mass is 9.27. The van der Waals surface area contributed by atoms with Gasteiger partial charge in [0.2, 0.25) is 0 Å². The summed E-state index contributed by atoms with van der Waals surface area (Å²) in [6.07, 6.45) is 44.3. The van der Waals surface area contributed by atoms with Crippen LogP contribution in [-0.4, -0.2) is 51.7 Å². The summed E-state index contributed by atoms with van der Waals surface area (Å²) in [5.74, 6) is 11.0. The highest BCUT2D eigenvalue weighted by Gasteiger charge is 2.82. The highest BCUT2D eigenvalue weighted by atomic mass is 16.4. The van der Waals surface area contributed by atoms with Gasteiger partial charge in [-0.2, -0.15) is 0 Å². The predicted molar refractivity (Wildman–Crippen MR) is 372 cm³/mol. The lowest BCUT2D eigenvalue weighted by Gasteiger charge is -2.76. The molecule has 490 valence electrons. The second kappa shape index (κ2) is 21.6. The van der Waals surface area contributed by atoms with E-state index in [2.05, 4.69) is 139 Å². The van der Waals surface area contributed by atoms with Crippen molar-refractivity contribution in [3.05, 3.63) is 170 Å². The molecule has 4 aliphatic heterocycles. The molecule has 0 saturated heterocycles. The summed E-state index contributed by atoms with van der Waals surface area (Å²) in [6, 6.07) is 28.3. The van der Waals surface area contributed by atoms with E-state index in [1.807, 2.05) is 0 Å². The number of aliphatic carboxylic acids is 1. The Morgan fingerprint density at radius 1 is 0.766 bits per heavy atom. The van der Waals surface area contributed by atoms with Gasteiger partial charge >= 0.3 is 5.97 Å². The normalized spacial score (nSPS) is 44.8. The zero-order valence-electron chi connectivity index (χ0n) is 56.0. The molecule has 3 aromatic carbocycles. The molecule has 20 atom stereocenters. The van der Waals surface area contributed by atoms with Crippen molar-refractivity contribution in [2.75, 3.05) is 13.1 Å². The van der Waals surface area contributed by atoms with E-state index < -0.39 is 51.7 Å². The number of aliphatic hydroxyl groups is 3. The van der Waals surface area contributed by atoms with Crippen LogP contribution in [0, 0.1) is 109 Å². The quantitative estimate of drug-likeness (QED) is 0.0859. The number of aliphatic hydroxyl groups excluding tert-OH is 3. The van der Waals surface area contributed by atoms with Gasteiger partial charge in [0.15, 0.2) is 0 Å². The Morgan fingerprint density at radius 3 is 2.49 bits per heavy atom. The number of nitrogens with one attached hydrogen (secondary N) is 2. The number of benzene rings is 3. The zero-order valence-corrected chi connectivity index (χ0v) is 56.0. The fraction of sp³-hybridized carbons (Fsp3) is 0.598. The smallest absolute Gasteiger partial charge is 0.306 e. The molecule has 7 fully saturated rings. The molecule has 18 bridgehead atoms. The summed E-state index contributed by atoms with van der Waals surface area (Å²) in [5, 5.41) is 61.6. The summed E-state index contributed by atoms with van der Waals surface area (Å²) < 4.78 is 0. The van der Waals surface area contributed by atoms with Crippen LogP contribution in [0.15, 0.2) is 138 Å². The topological polar surface area (TPSA) is 122 Å². The van der Waals surface area contributed by atoms with E-state index in [-0.39, 0.29) is 45.8 Å². The van der Waals surface area contributed by atoms with Gasteiger partial charge in [-0.1, -0.05) is 141 Å². The van der Waals surface area contributed by atoms with E-state index in [9.17, 15) is 20.4 Å². The molecule has 7 heteroatoms. The van der Waals surface area contributed by atoms with E-state index >= 15 is 4.79 Å². The lowest BCUT2D eigenvalue weighted by Crippen LogP contribution is -2.70. The highest BCUT2D eigenvalue weighted by molar-refractivity contribution is 5.80. The van der Waals surface area contributed by atoms with Gasteiger partial charge in [-0.3, -0.25) is 4.79 Å². The minimum atomic E-state index is -0.777. The molecule has 0 amide bonds. The first-order chi connectivity index (χ1) is 45.8. The Labute approximate surface area is 559 Å². The molecule has 22 rings (SSSR count). The molecular weight excluding hydrogens is 1150 g/mol. The summed E-state index contributed by atoms with van der Waals surface area (Å²) >= 11 is 0. The van der Waals surface area contributed by atoms with Crippen molar-refractivity contribution in [1.29, 1.82) is 0 Å². The molecule has 4 heterocycles. The Morgan fingerprint density at radius 2 is 1.63 bits per heavy atom. The first-order valence-electron chi connectivity index (χ1n) is 38.2. The fourth-order valence-corrected chi connectivity index (χ4v) is 28.9. The molecular formula is C87H102N2O5. The Hall–Kier alpha value is -5.81. The van der Waals surface area contributed by atoms with Gasteiger partial charge in [-0.15, -0.1) is 11.8 Å². The molecule has 15 aliphatic carbocycles. The number of carboxylic acid groups (broad SMARTS) is 1. The average molecular weight is 1260 g/mol. The summed E-state index contributed by atoms with van der Waals surface area (Å²) in [7, 11) is 0. The minimum absolute atomic E-state index is 0.0129. The third kappa shape index (κ3) is 8.14. The monoisotopic (exact) mass is 1250 g/mol. The number of hydrogen-bond donors (Lipinski definition) is 6. The van der Waals surface area contributed by atoms with Crippen LogP contribution < -0.4 is 21.1 Å². The first kappa shape index (κ1) is 59.5. The number of carbonyl (C=O) groups is 1. The maximum Gasteiger partial charge on any atom is 0.306 e. The summed E-state index contributed by atoms with van der Waals surface area (Å²) in [5.41, 5.74) is 12.4. The number of aryl methyl sites for hydroxylation is 1. The Kier molecular flexibility index (Phi) is 13.7. The van der Waals surface area contributed by atoms with Gasteiger partial charge in [0.05, 0.1) is 30.2 Å². The van der Waals surface area contributed by atoms with E-state index in [1.165, 1.54) is 115 Å². The van der Waals surface area contributed by atoms with Crippen molar-refractivity contribution in [3.8, 4) is 11.8 Å². The summed E-state index contributed by atoms with van der Waals surface area (Å²) in [4.78, 5) is 15.0. The van der Waals surface area contributed by atoms with E-state index in [0.717, 1.165) is 119 Å². The second-order valence-corrected chi connectivity index (χ2v) is 35.0. The van der Waals surface area contributed by atoms with E-state index in [0.29, 0.717) is 43.9 Å². The predicted octanol–water partition coefficient (Wildman–Crippen LogP) is 16.0. The molecule has 7 saturated carbocycles. The van der Waals surface area contributed by atoms with Crippen LogP contribution in [0.5, 0.6) is 0 Å². The van der Waals surface area contributed by atoms with Crippen LogP contribution in [0.3, 0.4) is 0 Å². The van der Waals surface area contributed by atoms with Crippen molar-refractivity contribution in [2.45, 2.75) is 211 Å². The third-order valence-corrected chi connectivity index (χ3v) is 31.9. The molecule has 1 unspecified atom stereocenters. The first-order valence-corrected chi connectivity index (χ1v) is 38.2. The van der Waals surface area contributed by atoms with Gasteiger partial charge in [-0.05, 0) is 272 Å². The molecule has 3 aromatic rings. The van der Waals surface area contributed by atoms with Crippen LogP contribution in [0.4, 0.5) is 0 Å². The molecule has 19 aliphatic rings. The SMILES string of the molecule is C[C@]12[C@H]3CC[C@@]4(CC[C@@]5(C[C@H]6C[C@@H]7c8ccccc8CC[C@H]7C[C@H]6C5)C4)[C@@]14C[C@@H](O)[C@@H]2[C@H](C(=O)O)CC/C(=C\O)[C@H](C1CCCCC1)CCCNC1=CC=C(CN1)c1cccc(c1)[C@H]1CC#CC[C@@]25CC=C[C@@]67C=C8C1=c1ccccc1=C[C@@H]8[C@@](CC[C@@H]2O)(C(=C4C6)C3)C75. The second-order valence-electron chi connectivity index (χ2n) is 35.0. The average Bonchev–Trinajstić information content (AvgIpc) is 1.19. The van der Waals surface area contributed by atoms with Crippen LogP contribution in [0.1, 0.15) is 214 Å². The molecule has 0 radical (unpaired) electrons. The molecule has 0 aromatic heterocycles. The van der Waals surface area contributed by atoms with Crippen molar-refractivity contribution in [1.82, 2.24) is 10.6 Å². The Balaban J connectivity index is 0.822. The van der Waals surface area contributed by atoms with Gasteiger partial charge in [0.1, 0.15) is 0 Å². The van der Waals surface area contributed by atoms with Gasteiger partial charge in [0, 0.05) is 65.3 Å². The molecule has 6 N–H and O–H groups in total. The van der Waals surface area contributed by atoms with Crippen molar-refractivity contribution < 1.29 is 25.2 Å². The lowest BCUT2D eigenvalue weighted by molar-refractivity contribution is -0.194. The van der Waals surface area contributed by atoms with Crippen LogP contribution in [-0.2, 0) is 11.2 Å². The molecule has 7 nitrogen and oxygen atoms in total. The van der Waals surface area contributed by atoms with Crippen LogP contribution >= 0.6 is 0 Å². The molecule has 94 heavy (non-hydrogen) atoms. The standard InChI is InChI=1S/C87H102N2O5/c1-81-63-30-35-84(38-37-82(52-84)45-61-41-58-25-24-54-16-5-7-20-65(54)69(58)42-62(61)46-82)87(81)49-74(91)78(81)68(79(93)94)28-26-60(51-90)64(53-14-3-2-4-15-53)23-12-39-88-76-29-27-59(50-89-76)55-18-11-19-56(40-55)66-22-9-10-33-85-34-13-32-83-47-70-71(43-57-17-6-8-21-67(57)77(66)70)86(80(83)85,36-31-75(85)92)72(44-63)73(87)48-83/h5-8,11,13,16-21,27,29,32,40,43,47,51,53,58,61-64,66,68-69,71,74-75,78,80,88-92H,2-4,12,14-15,22-26,28,30-31,33-39,41-42,44-46,48-50,52H2,1H3,(H,93,94)/b60-51+/t58-,61-,62+,63-,64-,66+,68+,69-,71-,74+,75-,78-,80?,81+,82+,83+,84-,85+,86-,87+/m0/s1. The van der Waals surface area contributed by atoms with E-state index in [4.69, 9.17) is 0 Å². The number of allylic oxidation sites excluding steroid dienone is 9. The number of carboxylic acids is 1. The largest absolute Gasteiger partial charge is 0.516 e.